The quantitative estimate of drug-likeness (QED) is 0.415. The third-order valence-corrected chi connectivity index (χ3v) is 4.42. The van der Waals surface area contributed by atoms with E-state index in [9.17, 15) is 0 Å². The lowest BCUT2D eigenvalue weighted by Gasteiger charge is -2.13. The van der Waals surface area contributed by atoms with Gasteiger partial charge in [-0.1, -0.05) is 28.9 Å². The van der Waals surface area contributed by atoms with Gasteiger partial charge in [0.2, 0.25) is 0 Å². The Bertz CT molecular complexity index is 955. The molecule has 8 heteroatoms. The van der Waals surface area contributed by atoms with Crippen LogP contribution in [0.1, 0.15) is 23.9 Å². The van der Waals surface area contributed by atoms with Gasteiger partial charge in [-0.2, -0.15) is 4.98 Å². The number of nitrogens with zero attached hydrogens (tertiary/aromatic N) is 4. The molecule has 0 saturated carbocycles. The van der Waals surface area contributed by atoms with E-state index < -0.39 is 0 Å². The van der Waals surface area contributed by atoms with Gasteiger partial charge in [0.1, 0.15) is 11.4 Å². The van der Waals surface area contributed by atoms with Crippen LogP contribution in [-0.2, 0) is 12.8 Å². The number of ether oxygens (including phenoxy) is 1. The molecule has 3 rings (SSSR count). The first-order chi connectivity index (χ1) is 14.7. The molecule has 2 aromatic heterocycles. The minimum atomic E-state index is 0.423. The first-order valence-corrected chi connectivity index (χ1v) is 10.1. The van der Waals surface area contributed by atoms with E-state index in [0.29, 0.717) is 30.4 Å². The summed E-state index contributed by atoms with van der Waals surface area (Å²) in [5.41, 5.74) is 3.06. The number of nitrogens with one attached hydrogen (secondary N) is 2. The molecular weight excluding hydrogens is 380 g/mol. The average Bonchev–Trinajstić information content (AvgIpc) is 3.23. The fourth-order valence-corrected chi connectivity index (χ4v) is 2.98. The molecule has 0 aliphatic carbocycles. The van der Waals surface area contributed by atoms with Gasteiger partial charge >= 0.3 is 0 Å². The third kappa shape index (κ3) is 6.04. The fraction of sp³-hybridized carbons (Fsp3) is 0.364. The van der Waals surface area contributed by atoms with Crippen LogP contribution in [0.5, 0.6) is 5.75 Å². The largest absolute Gasteiger partial charge is 0.496 e. The van der Waals surface area contributed by atoms with Crippen LogP contribution in [0.15, 0.2) is 52.1 Å². The normalized spacial score (nSPS) is 11.4. The molecule has 2 N–H and O–H groups in total. The molecule has 0 spiro atoms. The molecule has 0 aliphatic heterocycles. The van der Waals surface area contributed by atoms with Gasteiger partial charge in [-0.25, -0.2) is 0 Å². The summed E-state index contributed by atoms with van der Waals surface area (Å²) in [6, 6.07) is 11.8. The smallest absolute Gasteiger partial charge is 0.276 e. The van der Waals surface area contributed by atoms with Crippen LogP contribution in [0.3, 0.4) is 0 Å². The second kappa shape index (κ2) is 10.9. The minimum Gasteiger partial charge on any atom is -0.496 e. The van der Waals surface area contributed by atoms with Crippen molar-refractivity contribution in [3.05, 3.63) is 59.5 Å². The van der Waals surface area contributed by atoms with Crippen LogP contribution in [-0.4, -0.2) is 47.8 Å². The molecule has 0 fully saturated rings. The van der Waals surface area contributed by atoms with Crippen LogP contribution < -0.4 is 15.4 Å². The molecule has 0 aliphatic rings. The van der Waals surface area contributed by atoms with E-state index in [1.807, 2.05) is 31.2 Å². The van der Waals surface area contributed by atoms with Gasteiger partial charge < -0.3 is 19.9 Å². The van der Waals surface area contributed by atoms with Crippen LogP contribution in [0, 0.1) is 6.92 Å². The van der Waals surface area contributed by atoms with Gasteiger partial charge in [0, 0.05) is 32.3 Å². The van der Waals surface area contributed by atoms with E-state index in [2.05, 4.69) is 49.8 Å². The average molecular weight is 409 g/mol. The first kappa shape index (κ1) is 21.3. The summed E-state index contributed by atoms with van der Waals surface area (Å²) in [4.78, 5) is 13.2. The molecule has 0 radical (unpaired) electrons. The number of guanidine groups is 1. The Balaban J connectivity index is 1.52. The number of pyridine rings is 1. The summed E-state index contributed by atoms with van der Waals surface area (Å²) in [6.07, 6.45) is 3.12. The molecule has 0 bridgehead atoms. The van der Waals surface area contributed by atoms with Gasteiger partial charge in [0.25, 0.3) is 5.89 Å². The van der Waals surface area contributed by atoms with Crippen molar-refractivity contribution in [3.63, 3.8) is 0 Å². The Morgan fingerprint density at radius 2 is 2.07 bits per heavy atom. The van der Waals surface area contributed by atoms with E-state index in [1.165, 1.54) is 11.1 Å². The zero-order valence-electron chi connectivity index (χ0n) is 17.7. The Labute approximate surface area is 176 Å². The molecule has 0 atom stereocenters. The van der Waals surface area contributed by atoms with Crippen molar-refractivity contribution in [3.8, 4) is 17.3 Å². The highest BCUT2D eigenvalue weighted by atomic mass is 16.5. The van der Waals surface area contributed by atoms with E-state index in [-0.39, 0.29) is 0 Å². The number of hydrogen-bond donors (Lipinski definition) is 2. The van der Waals surface area contributed by atoms with Gasteiger partial charge in [0.05, 0.1) is 7.11 Å². The third-order valence-electron chi connectivity index (χ3n) is 4.42. The number of rotatable bonds is 9. The summed E-state index contributed by atoms with van der Waals surface area (Å²) >= 11 is 0. The molecule has 1 aromatic carbocycles. The first-order valence-electron chi connectivity index (χ1n) is 10.1. The molecule has 0 unspecified atom stereocenters. The molecule has 30 heavy (non-hydrogen) atoms. The van der Waals surface area contributed by atoms with Crippen molar-refractivity contribution >= 4 is 5.96 Å². The zero-order chi connectivity index (χ0) is 21.2. The van der Waals surface area contributed by atoms with Crippen LogP contribution in [0.2, 0.25) is 0 Å². The highest BCUT2D eigenvalue weighted by molar-refractivity contribution is 5.79. The Kier molecular flexibility index (Phi) is 7.77. The summed E-state index contributed by atoms with van der Waals surface area (Å²) in [5, 5.41) is 10.6. The fourth-order valence-electron chi connectivity index (χ4n) is 2.98. The molecule has 158 valence electrons. The molecule has 2 heterocycles. The predicted molar refractivity (Wildman–Crippen MR) is 117 cm³/mol. The van der Waals surface area contributed by atoms with Gasteiger partial charge in [0.15, 0.2) is 11.8 Å². The van der Waals surface area contributed by atoms with Crippen molar-refractivity contribution in [2.45, 2.75) is 26.7 Å². The number of aromatic nitrogens is 3. The van der Waals surface area contributed by atoms with Crippen molar-refractivity contribution in [2.24, 2.45) is 4.99 Å². The minimum absolute atomic E-state index is 0.423. The lowest BCUT2D eigenvalue weighted by Crippen LogP contribution is -2.38. The van der Waals surface area contributed by atoms with Crippen molar-refractivity contribution in [1.82, 2.24) is 25.8 Å². The van der Waals surface area contributed by atoms with Gasteiger partial charge in [-0.15, -0.1) is 0 Å². The monoisotopic (exact) mass is 408 g/mol. The summed E-state index contributed by atoms with van der Waals surface area (Å²) in [7, 11) is 1.70. The second-order valence-electron chi connectivity index (χ2n) is 6.73. The van der Waals surface area contributed by atoms with Crippen molar-refractivity contribution in [2.75, 3.05) is 26.7 Å². The topological polar surface area (TPSA) is 97.5 Å². The molecule has 8 nitrogen and oxygen atoms in total. The van der Waals surface area contributed by atoms with Crippen molar-refractivity contribution in [1.29, 1.82) is 0 Å². The maximum Gasteiger partial charge on any atom is 0.276 e. The Morgan fingerprint density at radius 1 is 1.17 bits per heavy atom. The lowest BCUT2D eigenvalue weighted by molar-refractivity contribution is 0.409. The standard InChI is InChI=1S/C22H28N6O2/c1-4-23-22(25-13-10-17-15-16(2)8-9-19(17)29-3)26-14-11-20-27-21(30-28-20)18-7-5-6-12-24-18/h5-9,12,15H,4,10-11,13-14H2,1-3H3,(H2,23,25,26). The summed E-state index contributed by atoms with van der Waals surface area (Å²) in [6.45, 7) is 6.20. The van der Waals surface area contributed by atoms with Crippen LogP contribution in [0.25, 0.3) is 11.6 Å². The summed E-state index contributed by atoms with van der Waals surface area (Å²) in [5.74, 6) is 2.70. The molecular formula is C22H28N6O2. The predicted octanol–water partition coefficient (Wildman–Crippen LogP) is 2.79. The van der Waals surface area contributed by atoms with Gasteiger partial charge in [-0.05, 0) is 44.0 Å². The lowest BCUT2D eigenvalue weighted by atomic mass is 10.1. The maximum absolute atomic E-state index is 5.45. The van der Waals surface area contributed by atoms with E-state index in [1.54, 1.807) is 13.3 Å². The molecule has 0 saturated heterocycles. The van der Waals surface area contributed by atoms with Crippen LogP contribution in [0.4, 0.5) is 0 Å². The number of methoxy groups -OCH3 is 1. The number of aliphatic imine (C=N–C) groups is 1. The highest BCUT2D eigenvalue weighted by Gasteiger charge is 2.09. The SMILES string of the molecule is CCNC(=NCCc1noc(-c2ccccn2)n1)NCCc1cc(C)ccc1OC. The number of aryl methyl sites for hydroxylation is 1. The summed E-state index contributed by atoms with van der Waals surface area (Å²) < 4.78 is 10.7. The molecule has 0 amide bonds. The van der Waals surface area contributed by atoms with Crippen LogP contribution >= 0.6 is 0 Å². The van der Waals surface area contributed by atoms with E-state index in [0.717, 1.165) is 31.2 Å². The zero-order valence-corrected chi connectivity index (χ0v) is 17.7. The van der Waals surface area contributed by atoms with Crippen molar-refractivity contribution < 1.29 is 9.26 Å². The highest BCUT2D eigenvalue weighted by Crippen LogP contribution is 2.19. The maximum atomic E-state index is 5.45. The van der Waals surface area contributed by atoms with E-state index >= 15 is 0 Å². The number of hydrogen-bond acceptors (Lipinski definition) is 6. The van der Waals surface area contributed by atoms with Gasteiger partial charge in [-0.3, -0.25) is 9.98 Å². The Hall–Kier alpha value is -3.42. The number of benzene rings is 1. The molecule has 3 aromatic rings. The Morgan fingerprint density at radius 3 is 2.83 bits per heavy atom. The van der Waals surface area contributed by atoms with E-state index in [4.69, 9.17) is 9.26 Å². The second-order valence-corrected chi connectivity index (χ2v) is 6.73.